The first kappa shape index (κ1) is 12.4. The monoisotopic (exact) mass is 221 g/mol. The number of guanidine groups is 1. The van der Waals surface area contributed by atoms with Crippen LogP contribution in [0.3, 0.4) is 0 Å². The molecule has 1 rings (SSSR count). The summed E-state index contributed by atoms with van der Waals surface area (Å²) in [6.07, 6.45) is -0.0399. The molecule has 4 heteroatoms. The second-order valence-electron chi connectivity index (χ2n) is 3.91. The molecule has 0 aliphatic heterocycles. The quantitative estimate of drug-likeness (QED) is 0.595. The number of benzene rings is 1. The topological polar surface area (TPSA) is 73.6 Å². The summed E-state index contributed by atoms with van der Waals surface area (Å²) in [7, 11) is 0. The summed E-state index contributed by atoms with van der Waals surface area (Å²) in [5.74, 6) is 1.01. The lowest BCUT2D eigenvalue weighted by Gasteiger charge is -2.16. The zero-order valence-corrected chi connectivity index (χ0v) is 10.0. The Balaban J connectivity index is 2.69. The van der Waals surface area contributed by atoms with Crippen LogP contribution in [0.25, 0.3) is 0 Å². The molecule has 1 aromatic carbocycles. The first-order chi connectivity index (χ1) is 7.50. The second kappa shape index (κ2) is 5.39. The van der Waals surface area contributed by atoms with Crippen molar-refractivity contribution in [2.45, 2.75) is 26.9 Å². The molecule has 0 amide bonds. The molecule has 0 saturated heterocycles. The summed E-state index contributed by atoms with van der Waals surface area (Å²) in [4.78, 5) is 3.93. The number of nitrogens with zero attached hydrogens (tertiary/aromatic N) is 1. The van der Waals surface area contributed by atoms with Crippen LogP contribution in [0.4, 0.5) is 0 Å². The Kier molecular flexibility index (Phi) is 4.17. The van der Waals surface area contributed by atoms with Gasteiger partial charge in [0, 0.05) is 0 Å². The second-order valence-corrected chi connectivity index (χ2v) is 3.91. The molecule has 88 valence electrons. The van der Waals surface area contributed by atoms with Gasteiger partial charge >= 0.3 is 0 Å². The van der Waals surface area contributed by atoms with E-state index in [9.17, 15) is 0 Å². The lowest BCUT2D eigenvalue weighted by molar-refractivity contribution is 0.227. The summed E-state index contributed by atoms with van der Waals surface area (Å²) >= 11 is 0. The van der Waals surface area contributed by atoms with Crippen LogP contribution < -0.4 is 16.2 Å². The maximum Gasteiger partial charge on any atom is 0.186 e. The van der Waals surface area contributed by atoms with E-state index in [0.717, 1.165) is 16.9 Å². The van der Waals surface area contributed by atoms with Crippen LogP contribution in [0.5, 0.6) is 5.75 Å². The number of hydrogen-bond donors (Lipinski definition) is 2. The Bertz CT molecular complexity index is 364. The molecule has 0 saturated carbocycles. The third-order valence-corrected chi connectivity index (χ3v) is 2.26. The van der Waals surface area contributed by atoms with Gasteiger partial charge in [0.25, 0.3) is 0 Å². The molecule has 0 heterocycles. The highest BCUT2D eigenvalue weighted by Crippen LogP contribution is 2.23. The summed E-state index contributed by atoms with van der Waals surface area (Å²) < 4.78 is 5.81. The number of aryl methyl sites for hydroxylation is 2. The van der Waals surface area contributed by atoms with Crippen molar-refractivity contribution in [1.29, 1.82) is 0 Å². The summed E-state index contributed by atoms with van der Waals surface area (Å²) in [6, 6.07) is 6.06. The van der Waals surface area contributed by atoms with Gasteiger partial charge in [0.2, 0.25) is 0 Å². The van der Waals surface area contributed by atoms with Gasteiger partial charge < -0.3 is 16.2 Å². The Hall–Kier alpha value is -1.71. The number of hydrogen-bond acceptors (Lipinski definition) is 2. The minimum atomic E-state index is -0.0399. The molecule has 16 heavy (non-hydrogen) atoms. The highest BCUT2D eigenvalue weighted by atomic mass is 16.5. The first-order valence-electron chi connectivity index (χ1n) is 5.29. The van der Waals surface area contributed by atoms with E-state index in [0.29, 0.717) is 6.54 Å². The summed E-state index contributed by atoms with van der Waals surface area (Å²) in [5.41, 5.74) is 12.8. The summed E-state index contributed by atoms with van der Waals surface area (Å²) in [6.45, 7) is 6.46. The molecule has 1 atom stereocenters. The number of para-hydroxylation sites is 1. The standard InChI is InChI=1S/C12H19N3O/c1-8-5-4-6-9(2)11(8)16-10(3)7-15-12(13)14/h4-6,10H,7H2,1-3H3,(H4,13,14,15). The van der Waals surface area contributed by atoms with E-state index in [4.69, 9.17) is 16.2 Å². The van der Waals surface area contributed by atoms with Gasteiger partial charge in [-0.05, 0) is 31.9 Å². The molecule has 0 radical (unpaired) electrons. The molecule has 1 aromatic rings. The minimum absolute atomic E-state index is 0.0399. The van der Waals surface area contributed by atoms with Gasteiger partial charge in [-0.2, -0.15) is 0 Å². The molecule has 0 spiro atoms. The number of rotatable bonds is 4. The molecule has 0 fully saturated rings. The SMILES string of the molecule is Cc1cccc(C)c1OC(C)CN=C(N)N. The van der Waals surface area contributed by atoms with Crippen molar-refractivity contribution in [3.05, 3.63) is 29.3 Å². The van der Waals surface area contributed by atoms with Crippen LogP contribution in [0.1, 0.15) is 18.1 Å². The average Bonchev–Trinajstić information content (AvgIpc) is 2.21. The number of ether oxygens (including phenoxy) is 1. The van der Waals surface area contributed by atoms with E-state index < -0.39 is 0 Å². The van der Waals surface area contributed by atoms with Gasteiger partial charge in [-0.25, -0.2) is 4.99 Å². The van der Waals surface area contributed by atoms with Crippen LogP contribution >= 0.6 is 0 Å². The maximum atomic E-state index is 5.81. The van der Waals surface area contributed by atoms with Crippen molar-refractivity contribution in [2.75, 3.05) is 6.54 Å². The van der Waals surface area contributed by atoms with Crippen molar-refractivity contribution >= 4 is 5.96 Å². The number of nitrogens with two attached hydrogens (primary N) is 2. The van der Waals surface area contributed by atoms with Crippen LogP contribution in [0, 0.1) is 13.8 Å². The van der Waals surface area contributed by atoms with Crippen molar-refractivity contribution in [3.8, 4) is 5.75 Å². The zero-order chi connectivity index (χ0) is 12.1. The molecule has 0 aliphatic carbocycles. The number of aliphatic imine (C=N–C) groups is 1. The average molecular weight is 221 g/mol. The van der Waals surface area contributed by atoms with E-state index in [1.807, 2.05) is 39.0 Å². The third-order valence-electron chi connectivity index (χ3n) is 2.26. The highest BCUT2D eigenvalue weighted by molar-refractivity contribution is 5.75. The van der Waals surface area contributed by atoms with Gasteiger partial charge in [0.15, 0.2) is 5.96 Å². The molecular weight excluding hydrogens is 202 g/mol. The molecular formula is C12H19N3O. The van der Waals surface area contributed by atoms with Gasteiger partial charge in [-0.15, -0.1) is 0 Å². The van der Waals surface area contributed by atoms with Gasteiger partial charge in [0.1, 0.15) is 11.9 Å². The fraction of sp³-hybridized carbons (Fsp3) is 0.417. The van der Waals surface area contributed by atoms with Gasteiger partial charge in [-0.3, -0.25) is 0 Å². The van der Waals surface area contributed by atoms with Gasteiger partial charge in [0.05, 0.1) is 6.54 Å². The predicted octanol–water partition coefficient (Wildman–Crippen LogP) is 1.34. The van der Waals surface area contributed by atoms with Crippen molar-refractivity contribution in [3.63, 3.8) is 0 Å². The predicted molar refractivity (Wildman–Crippen MR) is 66.7 cm³/mol. The van der Waals surface area contributed by atoms with Crippen LogP contribution in [-0.4, -0.2) is 18.6 Å². The van der Waals surface area contributed by atoms with E-state index >= 15 is 0 Å². The van der Waals surface area contributed by atoms with Crippen LogP contribution in [-0.2, 0) is 0 Å². The van der Waals surface area contributed by atoms with Gasteiger partial charge in [-0.1, -0.05) is 18.2 Å². The fourth-order valence-electron chi connectivity index (χ4n) is 1.46. The highest BCUT2D eigenvalue weighted by Gasteiger charge is 2.08. The molecule has 1 unspecified atom stereocenters. The van der Waals surface area contributed by atoms with E-state index in [2.05, 4.69) is 4.99 Å². The maximum absolute atomic E-state index is 5.81. The molecule has 0 bridgehead atoms. The zero-order valence-electron chi connectivity index (χ0n) is 10.0. The Labute approximate surface area is 96.3 Å². The molecule has 4 nitrogen and oxygen atoms in total. The van der Waals surface area contributed by atoms with Crippen molar-refractivity contribution in [2.24, 2.45) is 16.5 Å². The van der Waals surface area contributed by atoms with Crippen molar-refractivity contribution in [1.82, 2.24) is 0 Å². The Morgan fingerprint density at radius 1 is 1.31 bits per heavy atom. The van der Waals surface area contributed by atoms with Crippen molar-refractivity contribution < 1.29 is 4.74 Å². The van der Waals surface area contributed by atoms with Crippen LogP contribution in [0.15, 0.2) is 23.2 Å². The molecule has 4 N–H and O–H groups in total. The molecule has 0 aromatic heterocycles. The minimum Gasteiger partial charge on any atom is -0.488 e. The lowest BCUT2D eigenvalue weighted by atomic mass is 10.1. The van der Waals surface area contributed by atoms with E-state index in [1.54, 1.807) is 0 Å². The first-order valence-corrected chi connectivity index (χ1v) is 5.29. The fourth-order valence-corrected chi connectivity index (χ4v) is 1.46. The Morgan fingerprint density at radius 2 is 1.88 bits per heavy atom. The lowest BCUT2D eigenvalue weighted by Crippen LogP contribution is -2.26. The summed E-state index contributed by atoms with van der Waals surface area (Å²) in [5, 5.41) is 0. The van der Waals surface area contributed by atoms with Crippen LogP contribution in [0.2, 0.25) is 0 Å². The third kappa shape index (κ3) is 3.46. The molecule has 0 aliphatic rings. The smallest absolute Gasteiger partial charge is 0.186 e. The Morgan fingerprint density at radius 3 is 2.38 bits per heavy atom. The van der Waals surface area contributed by atoms with E-state index in [1.165, 1.54) is 0 Å². The normalized spacial score (nSPS) is 11.9. The van der Waals surface area contributed by atoms with E-state index in [-0.39, 0.29) is 12.1 Å². The largest absolute Gasteiger partial charge is 0.488 e.